The number of aryl methyl sites for hydroxylation is 1. The molecule has 5 aromatic rings. The lowest BCUT2D eigenvalue weighted by Gasteiger charge is -2.19. The van der Waals surface area contributed by atoms with Gasteiger partial charge in [-0.15, -0.1) is 5.10 Å². The summed E-state index contributed by atoms with van der Waals surface area (Å²) in [5.74, 6) is 0.0932. The van der Waals surface area contributed by atoms with Gasteiger partial charge in [0.15, 0.2) is 11.5 Å². The van der Waals surface area contributed by atoms with Crippen LogP contribution in [0.25, 0.3) is 17.2 Å². The number of fused-ring (bicyclic) bond motifs is 2. The van der Waals surface area contributed by atoms with Crippen molar-refractivity contribution in [2.75, 3.05) is 11.1 Å². The van der Waals surface area contributed by atoms with Crippen molar-refractivity contribution in [1.82, 2.24) is 39.3 Å². The maximum Gasteiger partial charge on any atom is 0.242 e. The number of carbonyl (C=O) groups is 1. The molecule has 12 heteroatoms. The van der Waals surface area contributed by atoms with Gasteiger partial charge in [-0.05, 0) is 31.5 Å². The monoisotopic (exact) mass is 484 g/mol. The highest BCUT2D eigenvalue weighted by molar-refractivity contribution is 6.08. The van der Waals surface area contributed by atoms with Crippen molar-refractivity contribution < 1.29 is 9.18 Å². The molecule has 1 atom stereocenters. The number of amides is 1. The van der Waals surface area contributed by atoms with E-state index in [1.54, 1.807) is 48.5 Å². The van der Waals surface area contributed by atoms with Gasteiger partial charge in [-0.1, -0.05) is 17.3 Å². The number of imidazole rings is 1. The van der Waals surface area contributed by atoms with Crippen LogP contribution < -0.4 is 11.1 Å². The van der Waals surface area contributed by atoms with Gasteiger partial charge in [-0.25, -0.2) is 24.3 Å². The first-order valence-corrected chi connectivity index (χ1v) is 11.3. The number of rotatable bonds is 5. The van der Waals surface area contributed by atoms with Crippen molar-refractivity contribution in [2.45, 2.75) is 32.2 Å². The normalized spacial score (nSPS) is 16.9. The SMILES string of the molecule is CCn1cc(C2(C)C(=O)Nc3nc(-c4cn5ccnc5c(Cc5ccc(F)cc5)n4)nc(N)c32)nn1. The van der Waals surface area contributed by atoms with E-state index in [-0.39, 0.29) is 23.4 Å². The van der Waals surface area contributed by atoms with E-state index in [0.29, 0.717) is 47.1 Å². The molecule has 0 aliphatic carbocycles. The molecule has 4 aromatic heterocycles. The van der Waals surface area contributed by atoms with Gasteiger partial charge in [0.25, 0.3) is 0 Å². The second-order valence-corrected chi connectivity index (χ2v) is 8.73. The van der Waals surface area contributed by atoms with Gasteiger partial charge in [0.2, 0.25) is 5.91 Å². The lowest BCUT2D eigenvalue weighted by molar-refractivity contribution is -0.119. The van der Waals surface area contributed by atoms with Crippen molar-refractivity contribution in [3.63, 3.8) is 0 Å². The predicted molar refractivity (Wildman–Crippen MR) is 128 cm³/mol. The van der Waals surface area contributed by atoms with Crippen LogP contribution in [0.4, 0.5) is 16.0 Å². The maximum absolute atomic E-state index is 13.4. The standard InChI is InChI=1S/C24H21FN10O/c1-3-35-12-17(32-33-35)24(2)18-19(26)29-20(30-21(18)31-23(24)36)16-11-34-9-8-27-22(34)15(28-16)10-13-4-6-14(25)7-5-13/h4-9,11-12H,3,10H2,1-2H3,(H3,26,29,30,31,36). The Morgan fingerprint density at radius 1 is 1.14 bits per heavy atom. The Morgan fingerprint density at radius 2 is 1.94 bits per heavy atom. The quantitative estimate of drug-likeness (QED) is 0.387. The minimum Gasteiger partial charge on any atom is -0.383 e. The van der Waals surface area contributed by atoms with Gasteiger partial charge in [0.05, 0.1) is 11.3 Å². The van der Waals surface area contributed by atoms with E-state index < -0.39 is 5.41 Å². The molecule has 1 unspecified atom stereocenters. The zero-order valence-electron chi connectivity index (χ0n) is 19.5. The molecule has 1 aliphatic rings. The second-order valence-electron chi connectivity index (χ2n) is 8.73. The van der Waals surface area contributed by atoms with Crippen molar-refractivity contribution in [3.05, 3.63) is 77.4 Å². The first-order valence-electron chi connectivity index (χ1n) is 11.3. The molecule has 3 N–H and O–H groups in total. The molecule has 180 valence electrons. The topological polar surface area (TPSA) is 142 Å². The molecular weight excluding hydrogens is 463 g/mol. The van der Waals surface area contributed by atoms with Gasteiger partial charge in [0, 0.05) is 37.8 Å². The number of nitrogens with zero attached hydrogens (tertiary/aromatic N) is 8. The molecule has 11 nitrogen and oxygen atoms in total. The average molecular weight is 484 g/mol. The van der Waals surface area contributed by atoms with Gasteiger partial charge in [0.1, 0.15) is 34.3 Å². The van der Waals surface area contributed by atoms with Crippen LogP contribution in [0.3, 0.4) is 0 Å². The van der Waals surface area contributed by atoms with Crippen molar-refractivity contribution in [1.29, 1.82) is 0 Å². The number of nitrogens with one attached hydrogen (secondary N) is 1. The van der Waals surface area contributed by atoms with Crippen molar-refractivity contribution >= 4 is 23.2 Å². The first kappa shape index (κ1) is 21.8. The van der Waals surface area contributed by atoms with Crippen molar-refractivity contribution in [3.8, 4) is 11.5 Å². The summed E-state index contributed by atoms with van der Waals surface area (Å²) in [6, 6.07) is 6.23. The number of benzene rings is 1. The van der Waals surface area contributed by atoms with Crippen LogP contribution in [0.5, 0.6) is 0 Å². The summed E-state index contributed by atoms with van der Waals surface area (Å²) in [4.78, 5) is 31.4. The number of nitrogens with two attached hydrogens (primary N) is 1. The smallest absolute Gasteiger partial charge is 0.242 e. The fourth-order valence-electron chi connectivity index (χ4n) is 4.47. The Morgan fingerprint density at radius 3 is 2.69 bits per heavy atom. The van der Waals surface area contributed by atoms with Crippen LogP contribution in [0.15, 0.2) is 49.1 Å². The van der Waals surface area contributed by atoms with E-state index in [1.807, 2.05) is 11.3 Å². The summed E-state index contributed by atoms with van der Waals surface area (Å²) >= 11 is 0. The summed E-state index contributed by atoms with van der Waals surface area (Å²) in [6.07, 6.45) is 7.36. The second kappa shape index (κ2) is 7.90. The third-order valence-corrected chi connectivity index (χ3v) is 6.46. The van der Waals surface area contributed by atoms with Gasteiger partial charge < -0.3 is 15.5 Å². The molecular formula is C24H21FN10O. The fourth-order valence-corrected chi connectivity index (χ4v) is 4.47. The molecule has 0 bridgehead atoms. The van der Waals surface area contributed by atoms with Crippen LogP contribution in [0.1, 0.15) is 36.4 Å². The fraction of sp³-hybridized carbons (Fsp3) is 0.208. The molecule has 1 aromatic carbocycles. The lowest BCUT2D eigenvalue weighted by Crippen LogP contribution is -2.33. The molecule has 0 saturated carbocycles. The molecule has 0 spiro atoms. The summed E-state index contributed by atoms with van der Waals surface area (Å²) in [5.41, 5.74) is 8.80. The average Bonchev–Trinajstić information content (AvgIpc) is 3.59. The molecule has 5 heterocycles. The number of aromatic nitrogens is 8. The van der Waals surface area contributed by atoms with Crippen LogP contribution in [-0.2, 0) is 23.2 Å². The number of nitrogen functional groups attached to an aromatic ring is 1. The van der Waals surface area contributed by atoms with Gasteiger partial charge in [-0.3, -0.25) is 9.48 Å². The highest BCUT2D eigenvalue weighted by Crippen LogP contribution is 2.44. The van der Waals surface area contributed by atoms with E-state index in [0.717, 1.165) is 5.56 Å². The Labute approximate surface area is 204 Å². The predicted octanol–water partition coefficient (Wildman–Crippen LogP) is 2.37. The zero-order chi connectivity index (χ0) is 25.0. The number of hydrogen-bond acceptors (Lipinski definition) is 8. The number of halogens is 1. The number of carbonyl (C=O) groups excluding carboxylic acids is 1. The Kier molecular flexibility index (Phi) is 4.78. The highest BCUT2D eigenvalue weighted by Gasteiger charge is 2.49. The van der Waals surface area contributed by atoms with Crippen LogP contribution in [0.2, 0.25) is 0 Å². The molecule has 0 fully saturated rings. The minimum atomic E-state index is -1.18. The molecule has 36 heavy (non-hydrogen) atoms. The van der Waals surface area contributed by atoms with E-state index in [4.69, 9.17) is 10.7 Å². The maximum atomic E-state index is 13.4. The zero-order valence-corrected chi connectivity index (χ0v) is 19.5. The van der Waals surface area contributed by atoms with Gasteiger partial charge in [-0.2, -0.15) is 0 Å². The Bertz CT molecular complexity index is 1640. The minimum absolute atomic E-state index is 0.148. The summed E-state index contributed by atoms with van der Waals surface area (Å²) < 4.78 is 16.8. The first-order chi connectivity index (χ1) is 17.4. The van der Waals surface area contributed by atoms with Crippen LogP contribution in [0, 0.1) is 5.82 Å². The van der Waals surface area contributed by atoms with E-state index in [2.05, 4.69) is 30.6 Å². The van der Waals surface area contributed by atoms with E-state index >= 15 is 0 Å². The summed E-state index contributed by atoms with van der Waals surface area (Å²) in [5, 5.41) is 11.1. The largest absolute Gasteiger partial charge is 0.383 e. The molecule has 0 saturated heterocycles. The highest BCUT2D eigenvalue weighted by atomic mass is 19.1. The molecule has 1 amide bonds. The van der Waals surface area contributed by atoms with Crippen molar-refractivity contribution in [2.24, 2.45) is 0 Å². The molecule has 0 radical (unpaired) electrons. The van der Waals surface area contributed by atoms with E-state index in [1.165, 1.54) is 12.1 Å². The number of hydrogen-bond donors (Lipinski definition) is 2. The summed E-state index contributed by atoms with van der Waals surface area (Å²) in [7, 11) is 0. The van der Waals surface area contributed by atoms with E-state index in [9.17, 15) is 9.18 Å². The third kappa shape index (κ3) is 3.29. The molecule has 6 rings (SSSR count). The molecule has 1 aliphatic heterocycles. The third-order valence-electron chi connectivity index (χ3n) is 6.46. The summed E-state index contributed by atoms with van der Waals surface area (Å²) in [6.45, 7) is 4.28. The van der Waals surface area contributed by atoms with Crippen LogP contribution in [-0.4, -0.2) is 45.2 Å². The Balaban J connectivity index is 1.44. The van der Waals surface area contributed by atoms with Gasteiger partial charge >= 0.3 is 0 Å². The number of anilines is 2. The van der Waals surface area contributed by atoms with Crippen LogP contribution >= 0.6 is 0 Å². The Hall–Kier alpha value is -4.74. The lowest BCUT2D eigenvalue weighted by atomic mass is 9.81.